The number of anilines is 1. The highest BCUT2D eigenvalue weighted by atomic mass is 32.1. The summed E-state index contributed by atoms with van der Waals surface area (Å²) in [6.07, 6.45) is 4.45. The van der Waals surface area contributed by atoms with Crippen molar-refractivity contribution in [2.45, 2.75) is 44.7 Å². The number of thiazole rings is 1. The van der Waals surface area contributed by atoms with E-state index >= 15 is 0 Å². The van der Waals surface area contributed by atoms with E-state index in [1.807, 2.05) is 37.3 Å². The number of nitrogens with zero attached hydrogens (tertiary/aromatic N) is 6. The lowest BCUT2D eigenvalue weighted by atomic mass is 9.95. The van der Waals surface area contributed by atoms with Gasteiger partial charge < -0.3 is 9.73 Å². The van der Waals surface area contributed by atoms with Gasteiger partial charge in [0.2, 0.25) is 0 Å². The Morgan fingerprint density at radius 1 is 1.02 bits per heavy atom. The molecule has 1 fully saturated rings. The Balaban J connectivity index is 1.25. The molecule has 1 aliphatic carbocycles. The van der Waals surface area contributed by atoms with Crippen molar-refractivity contribution in [2.75, 3.05) is 5.32 Å². The Labute approximate surface area is 238 Å². The fourth-order valence-corrected chi connectivity index (χ4v) is 6.00. The molecule has 0 saturated heterocycles. The van der Waals surface area contributed by atoms with Gasteiger partial charge in [0.15, 0.2) is 11.9 Å². The fourth-order valence-electron chi connectivity index (χ4n) is 4.76. The molecule has 7 rings (SSSR count). The van der Waals surface area contributed by atoms with E-state index in [-0.39, 0.29) is 29.5 Å². The molecule has 2 aliphatic rings. The lowest BCUT2D eigenvalue weighted by Gasteiger charge is -2.11. The van der Waals surface area contributed by atoms with E-state index < -0.39 is 12.0 Å². The quantitative estimate of drug-likeness (QED) is 0.285. The highest BCUT2D eigenvalue weighted by Gasteiger charge is 2.43. The van der Waals surface area contributed by atoms with Gasteiger partial charge in [-0.05, 0) is 25.8 Å². The van der Waals surface area contributed by atoms with Gasteiger partial charge in [-0.3, -0.25) is 9.79 Å². The zero-order chi connectivity index (χ0) is 28.1. The molecule has 0 unspecified atom stereocenters. The summed E-state index contributed by atoms with van der Waals surface area (Å²) in [5.41, 5.74) is 3.54. The summed E-state index contributed by atoms with van der Waals surface area (Å²) < 4.78 is 20.9. The third-order valence-corrected chi connectivity index (χ3v) is 8.82. The minimum atomic E-state index is -1.06. The van der Waals surface area contributed by atoms with Crippen LogP contribution in [0.1, 0.15) is 47.3 Å². The SMILES string of the molecule is Cc1ncc(-c2sc(C3(C)CC3)nc2-c2nnc(N[C@H]3N=C(c4ccccc4)c4cccc(F)c4CC3=O)o2)cn1. The van der Waals surface area contributed by atoms with Gasteiger partial charge in [-0.1, -0.05) is 54.5 Å². The Bertz CT molecular complexity index is 1810. The molecule has 3 aromatic heterocycles. The Kier molecular flexibility index (Phi) is 6.04. The lowest BCUT2D eigenvalue weighted by Crippen LogP contribution is -2.29. The highest BCUT2D eigenvalue weighted by Crippen LogP contribution is 2.51. The van der Waals surface area contributed by atoms with Gasteiger partial charge in [-0.15, -0.1) is 16.4 Å². The van der Waals surface area contributed by atoms with Crippen molar-refractivity contribution in [3.8, 4) is 22.0 Å². The molecule has 204 valence electrons. The lowest BCUT2D eigenvalue weighted by molar-refractivity contribution is -0.119. The summed E-state index contributed by atoms with van der Waals surface area (Å²) in [4.78, 5) is 32.5. The predicted molar refractivity (Wildman–Crippen MR) is 152 cm³/mol. The van der Waals surface area contributed by atoms with Gasteiger partial charge in [0.25, 0.3) is 5.89 Å². The Hall–Kier alpha value is -4.64. The average Bonchev–Trinajstić information content (AvgIpc) is 3.38. The first-order valence-electron chi connectivity index (χ1n) is 13.2. The number of rotatable bonds is 6. The molecule has 1 N–H and O–H groups in total. The van der Waals surface area contributed by atoms with Gasteiger partial charge in [0, 0.05) is 46.5 Å². The molecule has 4 heterocycles. The first-order valence-corrected chi connectivity index (χ1v) is 14.0. The molecule has 0 bridgehead atoms. The summed E-state index contributed by atoms with van der Waals surface area (Å²) in [7, 11) is 0. The first-order chi connectivity index (χ1) is 19.9. The monoisotopic (exact) mass is 565 g/mol. The molecule has 0 radical (unpaired) electrons. The number of Topliss-reactive ketones (excluding diaryl/α,β-unsaturated/α-hetero) is 1. The largest absolute Gasteiger partial charge is 0.402 e. The van der Waals surface area contributed by atoms with E-state index in [1.54, 1.807) is 35.9 Å². The van der Waals surface area contributed by atoms with E-state index in [4.69, 9.17) is 14.4 Å². The number of fused-ring (bicyclic) bond motifs is 1. The van der Waals surface area contributed by atoms with Gasteiger partial charge in [0.05, 0.1) is 15.6 Å². The molecule has 41 heavy (non-hydrogen) atoms. The van der Waals surface area contributed by atoms with Crippen LogP contribution in [-0.4, -0.2) is 42.8 Å². The topological polar surface area (TPSA) is 119 Å². The number of aryl methyl sites for hydroxylation is 1. The second-order valence-corrected chi connectivity index (χ2v) is 11.5. The van der Waals surface area contributed by atoms with Gasteiger partial charge in [-0.25, -0.2) is 19.3 Å². The Morgan fingerprint density at radius 3 is 2.56 bits per heavy atom. The third-order valence-electron chi connectivity index (χ3n) is 7.41. The summed E-state index contributed by atoms with van der Waals surface area (Å²) >= 11 is 1.57. The molecule has 1 atom stereocenters. The maximum absolute atomic E-state index is 14.9. The molecule has 5 aromatic rings. The van der Waals surface area contributed by atoms with Crippen LogP contribution in [0.2, 0.25) is 0 Å². The second kappa shape index (κ2) is 9.77. The van der Waals surface area contributed by atoms with Crippen LogP contribution in [-0.2, 0) is 16.6 Å². The molecule has 11 heteroatoms. The van der Waals surface area contributed by atoms with Crippen molar-refractivity contribution in [3.05, 3.63) is 94.3 Å². The van der Waals surface area contributed by atoms with E-state index in [0.29, 0.717) is 28.4 Å². The summed E-state index contributed by atoms with van der Waals surface area (Å²) in [6.45, 7) is 4.02. The van der Waals surface area contributed by atoms with E-state index in [9.17, 15) is 9.18 Å². The summed E-state index contributed by atoms with van der Waals surface area (Å²) in [5.74, 6) is 0.107. The number of carbonyl (C=O) groups is 1. The number of halogens is 1. The number of benzene rings is 2. The number of hydrogen-bond acceptors (Lipinski definition) is 10. The number of aliphatic imine (C=N–C) groups is 1. The Morgan fingerprint density at radius 2 is 1.80 bits per heavy atom. The number of aromatic nitrogens is 5. The van der Waals surface area contributed by atoms with Gasteiger partial charge >= 0.3 is 6.01 Å². The van der Waals surface area contributed by atoms with Crippen LogP contribution < -0.4 is 5.32 Å². The van der Waals surface area contributed by atoms with Crippen molar-refractivity contribution in [1.82, 2.24) is 25.1 Å². The van der Waals surface area contributed by atoms with Crippen LogP contribution in [0.3, 0.4) is 0 Å². The van der Waals surface area contributed by atoms with Crippen molar-refractivity contribution in [3.63, 3.8) is 0 Å². The summed E-state index contributed by atoms with van der Waals surface area (Å²) in [6, 6.07) is 14.2. The molecule has 2 aromatic carbocycles. The molecular weight excluding hydrogens is 541 g/mol. The predicted octanol–water partition coefficient (Wildman–Crippen LogP) is 5.55. The molecule has 1 saturated carbocycles. The number of ketones is 1. The van der Waals surface area contributed by atoms with Crippen molar-refractivity contribution in [2.24, 2.45) is 4.99 Å². The maximum Gasteiger partial charge on any atom is 0.317 e. The van der Waals surface area contributed by atoms with Crippen LogP contribution in [0.15, 0.2) is 70.3 Å². The van der Waals surface area contributed by atoms with Crippen molar-refractivity contribution in [1.29, 1.82) is 0 Å². The third kappa shape index (κ3) is 4.71. The molecule has 0 spiro atoms. The van der Waals surface area contributed by atoms with Crippen LogP contribution >= 0.6 is 11.3 Å². The van der Waals surface area contributed by atoms with Gasteiger partial charge in [-0.2, -0.15) is 0 Å². The van der Waals surface area contributed by atoms with Crippen molar-refractivity contribution >= 4 is 28.8 Å². The molecule has 1 aliphatic heterocycles. The number of hydrogen-bond donors (Lipinski definition) is 1. The zero-order valence-corrected chi connectivity index (χ0v) is 23.1. The number of carbonyl (C=O) groups excluding carboxylic acids is 1. The number of nitrogens with one attached hydrogen (secondary N) is 1. The van der Waals surface area contributed by atoms with Gasteiger partial charge in [0.1, 0.15) is 17.3 Å². The smallest absolute Gasteiger partial charge is 0.317 e. The van der Waals surface area contributed by atoms with E-state index in [1.165, 1.54) is 6.07 Å². The average molecular weight is 566 g/mol. The van der Waals surface area contributed by atoms with E-state index in [2.05, 4.69) is 32.4 Å². The second-order valence-electron chi connectivity index (χ2n) is 10.5. The molecule has 0 amide bonds. The molecule has 9 nitrogen and oxygen atoms in total. The fraction of sp³-hybridized carbons (Fsp3) is 0.233. The van der Waals surface area contributed by atoms with Crippen molar-refractivity contribution < 1.29 is 13.6 Å². The standard InChI is InChI=1S/C30H24FN7O2S/c1-16-32-14-18(15-33-16)25-24(35-28(41-25)30(2)11-12-30)27-37-38-29(40-27)36-26-22(39)13-20-19(9-6-10-21(20)31)23(34-26)17-7-4-3-5-8-17/h3-10,14-15,26H,11-13H2,1-2H3,(H,36,38)/t26-/m1/s1. The molecular formula is C30H24FN7O2S. The van der Waals surface area contributed by atoms with E-state index in [0.717, 1.165) is 33.9 Å². The van der Waals surface area contributed by atoms with Crippen LogP contribution in [0.4, 0.5) is 10.4 Å². The summed E-state index contributed by atoms with van der Waals surface area (Å²) in [5, 5.41) is 12.4. The van der Waals surface area contributed by atoms with Crippen LogP contribution in [0.5, 0.6) is 0 Å². The van der Waals surface area contributed by atoms with Crippen LogP contribution in [0.25, 0.3) is 22.0 Å². The zero-order valence-electron chi connectivity index (χ0n) is 22.3. The normalized spacial score (nSPS) is 17.5. The minimum absolute atomic E-state index is 0.0132. The first kappa shape index (κ1) is 25.3. The highest BCUT2D eigenvalue weighted by molar-refractivity contribution is 7.15. The maximum atomic E-state index is 14.9. The van der Waals surface area contributed by atoms with Crippen LogP contribution in [0, 0.1) is 12.7 Å². The minimum Gasteiger partial charge on any atom is -0.402 e.